The van der Waals surface area contributed by atoms with Gasteiger partial charge in [-0.25, -0.2) is 19.7 Å². The van der Waals surface area contributed by atoms with Crippen LogP contribution in [0.5, 0.6) is 0 Å². The zero-order valence-corrected chi connectivity index (χ0v) is 62.6. The van der Waals surface area contributed by atoms with E-state index in [4.69, 9.17) is 107 Å². The molecule has 3 aliphatic rings. The minimum absolute atomic E-state index is 0. The number of nitrogens with zero attached hydrogens (tertiary/aromatic N) is 3. The van der Waals surface area contributed by atoms with E-state index in [9.17, 15) is 29.5 Å². The smallest absolute Gasteiger partial charge is 0.330 e. The molecule has 3 rings (SSSR count). The second-order valence-electron chi connectivity index (χ2n) is 22.2. The fourth-order valence-corrected chi connectivity index (χ4v) is 14.0. The topological polar surface area (TPSA) is 285 Å². The molecule has 25 nitrogen and oxygen atoms in total. The molecule has 84 heavy (non-hydrogen) atoms. The van der Waals surface area contributed by atoms with Gasteiger partial charge in [0.2, 0.25) is 19.6 Å². The minimum Gasteiger partial charge on any atom is -0.789 e. The molecule has 3 heterocycles. The molecular weight excluding hydrogens is 1380 g/mol. The third-order valence-electron chi connectivity index (χ3n) is 13.7. The predicted octanol–water partition coefficient (Wildman–Crippen LogP) is 6.06. The number of hydrogen-bond acceptors (Lipinski definition) is 22. The van der Waals surface area contributed by atoms with Crippen molar-refractivity contribution in [2.45, 2.75) is 185 Å². The van der Waals surface area contributed by atoms with E-state index in [1.165, 1.54) is 21.1 Å². The largest absolute Gasteiger partial charge is 0.789 e. The van der Waals surface area contributed by atoms with Crippen LogP contribution < -0.4 is 9.79 Å². The van der Waals surface area contributed by atoms with Crippen molar-refractivity contribution in [1.82, 2.24) is 0 Å². The van der Waals surface area contributed by atoms with Crippen LogP contribution in [0, 0.1) is 19.7 Å². The Labute approximate surface area is 561 Å². The molecule has 3 fully saturated rings. The Morgan fingerprint density at radius 3 is 1.39 bits per heavy atom. The Kier molecular flexibility index (Phi) is 43.6. The van der Waals surface area contributed by atoms with Crippen LogP contribution in [0.1, 0.15) is 77.2 Å². The summed E-state index contributed by atoms with van der Waals surface area (Å²) in [5.74, 6) is 0. The number of rotatable bonds is 29. The zero-order valence-electron chi connectivity index (χ0n) is 50.3. The number of ether oxygens (including phenoxy) is 3. The molecule has 0 spiro atoms. The van der Waals surface area contributed by atoms with Crippen LogP contribution in [0.2, 0.25) is 36.3 Å². The standard InChI is InChI=1S/C20H37BN2O8P2Si.C17H33BNO6PSi.C8H16BO8P2.2CH4.2Y/c1-19(2,3)34(9,10)31-16-17(30-33(8,25-7)28-14-12-23-6)20(4,29-18(16)21)15-27-32(24)26-13-11-22-5;1-16(2,3)27(8,9)25-13-14(17(4,12-20)23-15(13)18)24-26(7,21-6)22-11-10-19-5;1-8(4-15-18(11)12)6(5(10)7(9)16-8)17-19(3,13)14-2;;;;/h16-18,24H,8,11-15H2,1-4,7,9-10H3;13-15,20H,7,10-12H2,1-4,6,8-9H3;5-7,10,18H,3-4H2,1-2H3,(H-,11,12,13);2*1H4;;/q;;-1;;;;/p-1/t16?,17-,18-,20-,32?,33?;13?,14-,15-,17-,26?;5?,6-,7-,8-,19?;;;;/m111..../s1. The molecule has 478 valence electrons. The van der Waals surface area contributed by atoms with Crippen LogP contribution >= 0.6 is 39.6 Å². The second-order valence-corrected chi connectivity index (χ2v) is 39.4. The van der Waals surface area contributed by atoms with Crippen molar-refractivity contribution in [1.29, 1.82) is 0 Å². The average Bonchev–Trinajstić information content (AvgIpc) is 3.81. The van der Waals surface area contributed by atoms with Gasteiger partial charge >= 0.3 is 8.60 Å². The SMILES string of the molecule is C.C.[B][C@@H]1O[C@](C)(CO)[C@H](OP(=C)(OC)OCC[N+]#[C-])C1O[Si](C)(C)C(C)(C)C.[B][C@@H]1O[C@](C)(COP(O)OCC[N+]#[C-])[C@H](OP(=C)(OC)OCC[N+]#[C-])C1O[Si](C)(C)C(C)(C)C.[B][C@@H]1O[C@](C)(CO[PH](=O)[O-])[C@H](OP(=C)([O-])OC)C1O.[Y].[Y]. The van der Waals surface area contributed by atoms with Crippen LogP contribution in [-0.4, -0.2) is 226 Å². The van der Waals surface area contributed by atoms with Gasteiger partial charge in [0.25, 0.3) is 15.1 Å². The molecule has 0 aromatic heterocycles. The number of hydrogen-bond donors (Lipinski definition) is 3. The van der Waals surface area contributed by atoms with Gasteiger partial charge in [-0.2, -0.15) is 0 Å². The fourth-order valence-electron chi connectivity index (χ4n) is 6.93. The van der Waals surface area contributed by atoms with Gasteiger partial charge in [0.1, 0.15) is 92.8 Å². The van der Waals surface area contributed by atoms with E-state index in [1.54, 1.807) is 13.8 Å². The Bertz CT molecular complexity index is 2260. The normalized spacial score (nSPS) is 30.5. The molecule has 3 N–H and O–H groups in total. The van der Waals surface area contributed by atoms with E-state index in [0.717, 1.165) is 7.11 Å². The maximum Gasteiger partial charge on any atom is 0.330 e. The maximum atomic E-state index is 11.7. The first-order valence-electron chi connectivity index (χ1n) is 25.0. The van der Waals surface area contributed by atoms with Crippen molar-refractivity contribution < 1.29 is 168 Å². The Morgan fingerprint density at radius 1 is 0.667 bits per heavy atom. The van der Waals surface area contributed by atoms with Gasteiger partial charge in [-0.3, -0.25) is 0 Å². The summed E-state index contributed by atoms with van der Waals surface area (Å²) in [6.07, 6.45) is 5.79. The molecule has 0 bridgehead atoms. The Morgan fingerprint density at radius 2 is 1.04 bits per heavy atom. The number of aliphatic hydroxyl groups is 2. The van der Waals surface area contributed by atoms with Crippen LogP contribution in [0.4, 0.5) is 0 Å². The molecule has 8 radical (unpaired) electrons. The van der Waals surface area contributed by atoms with Gasteiger partial charge in [0.05, 0.1) is 32.0 Å². The molecule has 0 aromatic carbocycles. The third-order valence-corrected chi connectivity index (χ3v) is 28.2. The van der Waals surface area contributed by atoms with Crippen LogP contribution in [-0.2, 0) is 143 Å². The molecule has 17 atom stereocenters. The van der Waals surface area contributed by atoms with Crippen molar-refractivity contribution in [2.75, 3.05) is 80.6 Å². The molecular formula is C47H93B3N3O22P5Si2Y2-2. The van der Waals surface area contributed by atoms with Crippen LogP contribution in [0.3, 0.4) is 0 Å². The molecule has 37 heteroatoms. The van der Waals surface area contributed by atoms with Crippen molar-refractivity contribution in [2.24, 2.45) is 0 Å². The van der Waals surface area contributed by atoms with Gasteiger partial charge in [-0.05, 0) is 69.6 Å². The summed E-state index contributed by atoms with van der Waals surface area (Å²) in [5, 5.41) is 19.6. The second kappa shape index (κ2) is 39.7. The van der Waals surface area contributed by atoms with Gasteiger partial charge in [0.15, 0.2) is 16.6 Å². The van der Waals surface area contributed by atoms with Gasteiger partial charge < -0.3 is 117 Å². The van der Waals surface area contributed by atoms with E-state index >= 15 is 0 Å². The Hall–Kier alpha value is 2.03. The Balaban J connectivity index is -0.000000578. The van der Waals surface area contributed by atoms with Crippen molar-refractivity contribution in [3.8, 4) is 0 Å². The van der Waals surface area contributed by atoms with E-state index in [-0.39, 0.29) is 143 Å². The third kappa shape index (κ3) is 28.3. The van der Waals surface area contributed by atoms with Crippen molar-refractivity contribution in [3.05, 3.63) is 34.3 Å². The molecule has 0 amide bonds. The fraction of sp³-hybridized carbons (Fsp3) is 0.872. The van der Waals surface area contributed by atoms with Crippen molar-refractivity contribution in [3.63, 3.8) is 0 Å². The van der Waals surface area contributed by atoms with Crippen LogP contribution in [0.25, 0.3) is 14.5 Å². The molecule has 3 aliphatic heterocycles. The summed E-state index contributed by atoms with van der Waals surface area (Å²) in [7, 11) is 2.11. The van der Waals surface area contributed by atoms with Crippen molar-refractivity contribution >= 4 is 98.6 Å². The van der Waals surface area contributed by atoms with E-state index in [0.29, 0.717) is 0 Å². The quantitative estimate of drug-likeness (QED) is 0.0332. The summed E-state index contributed by atoms with van der Waals surface area (Å²) in [5.41, 5.74) is -3.64. The van der Waals surface area contributed by atoms with Gasteiger partial charge in [0, 0.05) is 112 Å². The summed E-state index contributed by atoms with van der Waals surface area (Å²) < 4.78 is 100. The molecule has 0 aromatic rings. The van der Waals surface area contributed by atoms with Crippen LogP contribution in [0.15, 0.2) is 0 Å². The summed E-state index contributed by atoms with van der Waals surface area (Å²) in [6.45, 7) is 46.4. The molecule has 0 saturated carbocycles. The first-order valence-corrected chi connectivity index (χ1v) is 38.3. The summed E-state index contributed by atoms with van der Waals surface area (Å²) >= 11 is 0. The molecule has 3 saturated heterocycles. The van der Waals surface area contributed by atoms with E-state index < -0.39 is 134 Å². The minimum atomic E-state index is -3.66. The predicted molar refractivity (Wildman–Crippen MR) is 328 cm³/mol. The maximum absolute atomic E-state index is 11.7. The van der Waals surface area contributed by atoms with Gasteiger partial charge in [-0.15, -0.1) is 0 Å². The summed E-state index contributed by atoms with van der Waals surface area (Å²) in [4.78, 5) is 41.9. The summed E-state index contributed by atoms with van der Waals surface area (Å²) in [6, 6.07) is -2.76. The molecule has 8 unspecified atom stereocenters. The first kappa shape index (κ1) is 92.4. The van der Waals surface area contributed by atoms with E-state index in [2.05, 4.69) is 110 Å². The molecule has 0 aliphatic carbocycles. The van der Waals surface area contributed by atoms with E-state index in [1.807, 2.05) is 0 Å². The number of aliphatic hydroxyl groups excluding tert-OH is 2. The average molecular weight is 1470 g/mol. The van der Waals surface area contributed by atoms with Gasteiger partial charge in [-0.1, -0.05) is 62.7 Å². The first-order chi connectivity index (χ1) is 36.5. The monoisotopic (exact) mass is 1470 g/mol. The zero-order chi connectivity index (χ0) is 62.1.